The minimum atomic E-state index is -0.258. The number of aromatic nitrogens is 1. The molecule has 1 heterocycles. The summed E-state index contributed by atoms with van der Waals surface area (Å²) in [6.45, 7) is 4.02. The van der Waals surface area contributed by atoms with E-state index in [1.165, 1.54) is 16.9 Å². The summed E-state index contributed by atoms with van der Waals surface area (Å²) in [7, 11) is 0. The second kappa shape index (κ2) is 6.33. The number of carbonyl (C=O) groups excluding carboxylic acids is 1. The molecule has 0 aliphatic carbocycles. The Kier molecular flexibility index (Phi) is 4.52. The fourth-order valence-corrected chi connectivity index (χ4v) is 2.21. The Morgan fingerprint density at radius 2 is 2.11 bits per heavy atom. The smallest absolute Gasteiger partial charge is 0.248 e. The van der Waals surface area contributed by atoms with E-state index in [1.807, 2.05) is 43.5 Å². The van der Waals surface area contributed by atoms with E-state index in [0.717, 1.165) is 5.69 Å². The maximum absolute atomic E-state index is 12.1. The Hall–Kier alpha value is -1.88. The van der Waals surface area contributed by atoms with E-state index >= 15 is 0 Å². The van der Waals surface area contributed by atoms with Crippen LogP contribution in [0.5, 0.6) is 0 Å². The maximum atomic E-state index is 12.1. The van der Waals surface area contributed by atoms with E-state index in [1.54, 1.807) is 6.20 Å². The summed E-state index contributed by atoms with van der Waals surface area (Å²) in [6, 6.07) is 7.75. The van der Waals surface area contributed by atoms with Crippen molar-refractivity contribution in [2.75, 3.05) is 10.6 Å². The lowest BCUT2D eigenvalue weighted by atomic mass is 10.1. The largest absolute Gasteiger partial charge is 0.374 e. The molecule has 2 N–H and O–H groups in total. The van der Waals surface area contributed by atoms with E-state index in [2.05, 4.69) is 15.6 Å². The highest BCUT2D eigenvalue weighted by atomic mass is 32.1. The van der Waals surface area contributed by atoms with Crippen LogP contribution in [0.2, 0.25) is 0 Å². The zero-order valence-electron chi connectivity index (χ0n) is 11.0. The highest BCUT2D eigenvalue weighted by Crippen LogP contribution is 2.14. The van der Waals surface area contributed by atoms with Crippen molar-refractivity contribution in [3.05, 3.63) is 41.4 Å². The summed E-state index contributed by atoms with van der Waals surface area (Å²) in [5.41, 5.74) is 2.15. The first-order chi connectivity index (χ1) is 9.19. The summed E-state index contributed by atoms with van der Waals surface area (Å²) in [6.07, 6.45) is 2.39. The number of hydrogen-bond acceptors (Lipinski definition) is 4. The maximum Gasteiger partial charge on any atom is 0.248 e. The molecule has 0 bridgehead atoms. The number of nitrogens with one attached hydrogen (secondary N) is 2. The van der Waals surface area contributed by atoms with Crippen molar-refractivity contribution < 1.29 is 4.79 Å². The van der Waals surface area contributed by atoms with Crippen LogP contribution in [0.25, 0.3) is 0 Å². The van der Waals surface area contributed by atoms with Crippen molar-refractivity contribution in [2.45, 2.75) is 26.3 Å². The predicted octanol–water partition coefficient (Wildman–Crippen LogP) is 3.28. The van der Waals surface area contributed by atoms with Gasteiger partial charge in [-0.2, -0.15) is 0 Å². The van der Waals surface area contributed by atoms with Gasteiger partial charge in [0, 0.05) is 17.3 Å². The van der Waals surface area contributed by atoms with Crippen LogP contribution >= 0.6 is 11.3 Å². The molecule has 2 rings (SSSR count). The second-order valence-corrected chi connectivity index (χ2v) is 5.19. The zero-order valence-corrected chi connectivity index (χ0v) is 11.8. The zero-order chi connectivity index (χ0) is 13.7. The Balaban J connectivity index is 1.99. The molecule has 19 heavy (non-hydrogen) atoms. The molecule has 2 aromatic rings. The van der Waals surface area contributed by atoms with Crippen LogP contribution in [0, 0.1) is 6.92 Å². The van der Waals surface area contributed by atoms with Gasteiger partial charge < -0.3 is 10.6 Å². The molecular weight excluding hydrogens is 258 g/mol. The van der Waals surface area contributed by atoms with Crippen LogP contribution < -0.4 is 10.6 Å². The average Bonchev–Trinajstić information content (AvgIpc) is 2.90. The van der Waals surface area contributed by atoms with Crippen molar-refractivity contribution in [3.63, 3.8) is 0 Å². The number of amides is 1. The molecule has 1 aromatic heterocycles. The van der Waals surface area contributed by atoms with Gasteiger partial charge in [-0.15, -0.1) is 11.3 Å². The Morgan fingerprint density at radius 1 is 1.37 bits per heavy atom. The molecule has 0 saturated carbocycles. The summed E-state index contributed by atoms with van der Waals surface area (Å²) in [4.78, 5) is 16.2. The molecule has 4 nitrogen and oxygen atoms in total. The van der Waals surface area contributed by atoms with Gasteiger partial charge in [-0.1, -0.05) is 24.6 Å². The molecule has 1 aromatic carbocycles. The lowest BCUT2D eigenvalue weighted by Crippen LogP contribution is -2.34. The molecule has 100 valence electrons. The van der Waals surface area contributed by atoms with Gasteiger partial charge in [0.05, 0.1) is 0 Å². The van der Waals surface area contributed by atoms with Crippen molar-refractivity contribution in [1.29, 1.82) is 0 Å². The molecule has 1 atom stereocenters. The number of benzene rings is 1. The molecule has 0 unspecified atom stereocenters. The van der Waals surface area contributed by atoms with Crippen LogP contribution in [-0.2, 0) is 4.79 Å². The van der Waals surface area contributed by atoms with Crippen LogP contribution in [0.4, 0.5) is 10.8 Å². The van der Waals surface area contributed by atoms with Crippen molar-refractivity contribution in [2.24, 2.45) is 0 Å². The van der Waals surface area contributed by atoms with Crippen LogP contribution in [0.1, 0.15) is 18.9 Å². The number of thiazole rings is 1. The summed E-state index contributed by atoms with van der Waals surface area (Å²) >= 11 is 1.42. The van der Waals surface area contributed by atoms with E-state index in [-0.39, 0.29) is 11.9 Å². The Morgan fingerprint density at radius 3 is 2.68 bits per heavy atom. The fraction of sp³-hybridized carbons (Fsp3) is 0.286. The quantitative estimate of drug-likeness (QED) is 0.880. The SMILES string of the molecule is CC[C@H](Nc1ccc(C)cc1)C(=O)Nc1nccs1. The monoisotopic (exact) mass is 275 g/mol. The lowest BCUT2D eigenvalue weighted by molar-refractivity contribution is -0.116. The second-order valence-electron chi connectivity index (χ2n) is 4.30. The Bertz CT molecular complexity index is 522. The van der Waals surface area contributed by atoms with Crippen molar-refractivity contribution in [1.82, 2.24) is 4.98 Å². The number of carbonyl (C=O) groups is 1. The summed E-state index contributed by atoms with van der Waals surface area (Å²) in [5.74, 6) is -0.0574. The standard InChI is InChI=1S/C14H17N3OS/c1-3-12(13(18)17-14-15-8-9-19-14)16-11-6-4-10(2)5-7-11/h4-9,12,16H,3H2,1-2H3,(H,15,17,18)/t12-/m0/s1. The minimum Gasteiger partial charge on any atom is -0.374 e. The van der Waals surface area contributed by atoms with Gasteiger partial charge in [-0.25, -0.2) is 4.98 Å². The third-order valence-electron chi connectivity index (χ3n) is 2.78. The molecule has 0 aliphatic heterocycles. The number of hydrogen-bond donors (Lipinski definition) is 2. The highest BCUT2D eigenvalue weighted by Gasteiger charge is 2.16. The molecule has 0 fully saturated rings. The van der Waals surface area contributed by atoms with Gasteiger partial charge in [0.1, 0.15) is 6.04 Å². The van der Waals surface area contributed by atoms with Gasteiger partial charge in [-0.05, 0) is 25.5 Å². The van der Waals surface area contributed by atoms with E-state index < -0.39 is 0 Å². The first-order valence-electron chi connectivity index (χ1n) is 6.22. The van der Waals surface area contributed by atoms with Crippen LogP contribution in [0.3, 0.4) is 0 Å². The number of nitrogens with zero attached hydrogens (tertiary/aromatic N) is 1. The van der Waals surface area contributed by atoms with Crippen LogP contribution in [-0.4, -0.2) is 16.9 Å². The number of anilines is 2. The first kappa shape index (κ1) is 13.5. The van der Waals surface area contributed by atoms with E-state index in [9.17, 15) is 4.79 Å². The summed E-state index contributed by atoms with van der Waals surface area (Å²) < 4.78 is 0. The van der Waals surface area contributed by atoms with Gasteiger partial charge in [0.25, 0.3) is 0 Å². The molecule has 0 aliphatic rings. The molecule has 1 amide bonds. The molecule has 0 saturated heterocycles. The molecule has 5 heteroatoms. The van der Waals surface area contributed by atoms with E-state index in [4.69, 9.17) is 0 Å². The molecule has 0 radical (unpaired) electrons. The highest BCUT2D eigenvalue weighted by molar-refractivity contribution is 7.13. The van der Waals surface area contributed by atoms with E-state index in [0.29, 0.717) is 11.6 Å². The van der Waals surface area contributed by atoms with Gasteiger partial charge in [0.2, 0.25) is 5.91 Å². The third kappa shape index (κ3) is 3.79. The number of aryl methyl sites for hydroxylation is 1. The summed E-state index contributed by atoms with van der Waals surface area (Å²) in [5, 5.41) is 8.51. The van der Waals surface area contributed by atoms with Gasteiger partial charge >= 0.3 is 0 Å². The third-order valence-corrected chi connectivity index (χ3v) is 3.47. The van der Waals surface area contributed by atoms with Crippen LogP contribution in [0.15, 0.2) is 35.8 Å². The minimum absolute atomic E-state index is 0.0574. The van der Waals surface area contributed by atoms with Crippen molar-refractivity contribution in [3.8, 4) is 0 Å². The normalized spacial score (nSPS) is 11.9. The van der Waals surface area contributed by atoms with Gasteiger partial charge in [0.15, 0.2) is 5.13 Å². The predicted molar refractivity (Wildman–Crippen MR) is 79.6 cm³/mol. The topological polar surface area (TPSA) is 54.0 Å². The first-order valence-corrected chi connectivity index (χ1v) is 7.10. The Labute approximate surface area is 116 Å². The lowest BCUT2D eigenvalue weighted by Gasteiger charge is -2.17. The van der Waals surface area contributed by atoms with Gasteiger partial charge in [-0.3, -0.25) is 4.79 Å². The van der Waals surface area contributed by atoms with Crippen molar-refractivity contribution >= 4 is 28.1 Å². The number of rotatable bonds is 5. The molecular formula is C14H17N3OS. The average molecular weight is 275 g/mol. The fourth-order valence-electron chi connectivity index (χ4n) is 1.68. The molecule has 0 spiro atoms.